The van der Waals surface area contributed by atoms with Crippen molar-refractivity contribution >= 4 is 39.3 Å². The summed E-state index contributed by atoms with van der Waals surface area (Å²) in [4.78, 5) is 24.1. The van der Waals surface area contributed by atoms with Crippen molar-refractivity contribution in [1.29, 1.82) is 0 Å². The number of unbranched alkanes of at least 4 members (excludes halogenated alkanes) is 1. The first-order chi connectivity index (χ1) is 13.4. The summed E-state index contributed by atoms with van der Waals surface area (Å²) in [5.41, 5.74) is 5.87. The summed E-state index contributed by atoms with van der Waals surface area (Å²) in [6, 6.07) is 10.1. The van der Waals surface area contributed by atoms with Crippen LogP contribution in [0.1, 0.15) is 35.7 Å². The van der Waals surface area contributed by atoms with Crippen LogP contribution in [0, 0.1) is 6.92 Å². The maximum atomic E-state index is 12.2. The van der Waals surface area contributed by atoms with E-state index >= 15 is 0 Å². The average molecular weight is 470 g/mol. The highest BCUT2D eigenvalue weighted by molar-refractivity contribution is 9.10. The molecule has 8 heteroatoms. The second-order valence-electron chi connectivity index (χ2n) is 6.05. The number of ether oxygens (including phenoxy) is 2. The smallest absolute Gasteiger partial charge is 0.276 e. The van der Waals surface area contributed by atoms with Crippen molar-refractivity contribution in [2.75, 3.05) is 13.2 Å². The van der Waals surface area contributed by atoms with Gasteiger partial charge in [-0.2, -0.15) is 0 Å². The lowest BCUT2D eigenvalue weighted by Crippen LogP contribution is -2.43. The molecule has 2 aromatic carbocycles. The predicted octanol–water partition coefficient (Wildman–Crippen LogP) is 4.43. The SMILES string of the molecule is CCCCOc1ccc(C(=O)NNC(=O)COc2ccc(Cl)cc2C)cc1Br. The lowest BCUT2D eigenvalue weighted by atomic mass is 10.2. The Morgan fingerprint density at radius 3 is 2.50 bits per heavy atom. The molecule has 28 heavy (non-hydrogen) atoms. The summed E-state index contributed by atoms with van der Waals surface area (Å²) in [5.74, 6) is 0.285. The van der Waals surface area contributed by atoms with Gasteiger partial charge in [-0.15, -0.1) is 0 Å². The van der Waals surface area contributed by atoms with Gasteiger partial charge in [-0.25, -0.2) is 0 Å². The number of amides is 2. The van der Waals surface area contributed by atoms with Crippen LogP contribution >= 0.6 is 27.5 Å². The molecule has 0 saturated carbocycles. The first kappa shape index (κ1) is 22.0. The van der Waals surface area contributed by atoms with Gasteiger partial charge in [0.15, 0.2) is 6.61 Å². The van der Waals surface area contributed by atoms with E-state index in [1.807, 2.05) is 6.92 Å². The quantitative estimate of drug-likeness (QED) is 0.443. The minimum atomic E-state index is -0.485. The number of carbonyl (C=O) groups excluding carboxylic acids is 2. The van der Waals surface area contributed by atoms with Gasteiger partial charge in [0.2, 0.25) is 0 Å². The van der Waals surface area contributed by atoms with Crippen molar-refractivity contribution in [2.45, 2.75) is 26.7 Å². The Labute approximate surface area is 177 Å². The van der Waals surface area contributed by atoms with Crippen LogP contribution in [-0.4, -0.2) is 25.0 Å². The maximum Gasteiger partial charge on any atom is 0.276 e. The second kappa shape index (κ2) is 10.9. The zero-order valence-corrected chi connectivity index (χ0v) is 18.0. The molecule has 0 aliphatic carbocycles. The van der Waals surface area contributed by atoms with Crippen molar-refractivity contribution in [3.05, 3.63) is 57.0 Å². The minimum Gasteiger partial charge on any atom is -0.492 e. The number of hydrogen-bond acceptors (Lipinski definition) is 4. The summed E-state index contributed by atoms with van der Waals surface area (Å²) in [7, 11) is 0. The summed E-state index contributed by atoms with van der Waals surface area (Å²) in [6.45, 7) is 4.29. The van der Waals surface area contributed by atoms with Crippen LogP contribution in [0.4, 0.5) is 0 Å². The molecule has 0 radical (unpaired) electrons. The third-order valence-corrected chi connectivity index (χ3v) is 4.62. The van der Waals surface area contributed by atoms with E-state index in [1.165, 1.54) is 0 Å². The van der Waals surface area contributed by atoms with Crippen molar-refractivity contribution in [2.24, 2.45) is 0 Å². The molecule has 0 fully saturated rings. The molecule has 0 bridgehead atoms. The Morgan fingerprint density at radius 2 is 1.82 bits per heavy atom. The van der Waals surface area contributed by atoms with E-state index in [9.17, 15) is 9.59 Å². The molecule has 0 aliphatic rings. The highest BCUT2D eigenvalue weighted by Crippen LogP contribution is 2.26. The van der Waals surface area contributed by atoms with Crippen molar-refractivity contribution in [3.63, 3.8) is 0 Å². The molecule has 0 aromatic heterocycles. The molecule has 2 aromatic rings. The molecule has 2 amide bonds. The van der Waals surface area contributed by atoms with Gasteiger partial charge in [0.05, 0.1) is 11.1 Å². The molecular weight excluding hydrogens is 448 g/mol. The van der Waals surface area contributed by atoms with E-state index in [0.717, 1.165) is 18.4 Å². The Bertz CT molecular complexity index is 845. The molecule has 0 spiro atoms. The highest BCUT2D eigenvalue weighted by atomic mass is 79.9. The fourth-order valence-electron chi connectivity index (χ4n) is 2.24. The monoisotopic (exact) mass is 468 g/mol. The van der Waals surface area contributed by atoms with Crippen LogP contribution in [-0.2, 0) is 4.79 Å². The van der Waals surface area contributed by atoms with Gasteiger partial charge in [-0.05, 0) is 71.2 Å². The van der Waals surface area contributed by atoms with E-state index in [2.05, 4.69) is 33.7 Å². The topological polar surface area (TPSA) is 76.7 Å². The zero-order chi connectivity index (χ0) is 20.5. The normalized spacial score (nSPS) is 10.3. The van der Waals surface area contributed by atoms with E-state index in [-0.39, 0.29) is 6.61 Å². The fourth-order valence-corrected chi connectivity index (χ4v) is 2.96. The largest absolute Gasteiger partial charge is 0.492 e. The molecule has 0 atom stereocenters. The Hall–Kier alpha value is -2.25. The molecule has 0 unspecified atom stereocenters. The number of carbonyl (C=O) groups is 2. The van der Waals surface area contributed by atoms with Crippen LogP contribution in [0.2, 0.25) is 5.02 Å². The Balaban J connectivity index is 1.82. The summed E-state index contributed by atoms with van der Waals surface area (Å²) >= 11 is 9.27. The molecule has 2 N–H and O–H groups in total. The van der Waals surface area contributed by atoms with Crippen molar-refractivity contribution in [3.8, 4) is 11.5 Å². The van der Waals surface area contributed by atoms with Gasteiger partial charge >= 0.3 is 0 Å². The van der Waals surface area contributed by atoms with Gasteiger partial charge in [0.1, 0.15) is 11.5 Å². The van der Waals surface area contributed by atoms with Crippen LogP contribution in [0.25, 0.3) is 0 Å². The van der Waals surface area contributed by atoms with Crippen molar-refractivity contribution in [1.82, 2.24) is 10.9 Å². The van der Waals surface area contributed by atoms with Gasteiger partial charge in [-0.1, -0.05) is 24.9 Å². The molecule has 0 heterocycles. The Kier molecular flexibility index (Phi) is 8.60. The van der Waals surface area contributed by atoms with Crippen LogP contribution in [0.5, 0.6) is 11.5 Å². The Morgan fingerprint density at radius 1 is 1.07 bits per heavy atom. The van der Waals surface area contributed by atoms with Crippen molar-refractivity contribution < 1.29 is 19.1 Å². The predicted molar refractivity (Wildman–Crippen MR) is 112 cm³/mol. The first-order valence-corrected chi connectivity index (χ1v) is 9.98. The van der Waals surface area contributed by atoms with E-state index in [1.54, 1.807) is 36.4 Å². The summed E-state index contributed by atoms with van der Waals surface area (Å²) in [6.07, 6.45) is 2.00. The maximum absolute atomic E-state index is 12.2. The standard InChI is InChI=1S/C20H22BrClN2O4/c1-3-4-9-27-18-7-5-14(11-16(18)21)20(26)24-23-19(25)12-28-17-8-6-15(22)10-13(17)2/h5-8,10-11H,3-4,9,12H2,1-2H3,(H,23,25)(H,24,26). The number of hydrazine groups is 1. The second-order valence-corrected chi connectivity index (χ2v) is 7.34. The minimum absolute atomic E-state index is 0.239. The number of hydrogen-bond donors (Lipinski definition) is 2. The molecule has 6 nitrogen and oxygen atoms in total. The van der Waals surface area contributed by atoms with Gasteiger partial charge in [-0.3, -0.25) is 20.4 Å². The van der Waals surface area contributed by atoms with Gasteiger partial charge in [0.25, 0.3) is 11.8 Å². The fraction of sp³-hybridized carbons (Fsp3) is 0.300. The van der Waals surface area contributed by atoms with E-state index in [4.69, 9.17) is 21.1 Å². The number of halogens is 2. The molecule has 0 saturated heterocycles. The van der Waals surface area contributed by atoms with Crippen LogP contribution in [0.3, 0.4) is 0 Å². The molecular formula is C20H22BrClN2O4. The highest BCUT2D eigenvalue weighted by Gasteiger charge is 2.11. The lowest BCUT2D eigenvalue weighted by Gasteiger charge is -2.12. The number of aryl methyl sites for hydroxylation is 1. The van der Waals surface area contributed by atoms with E-state index < -0.39 is 11.8 Å². The summed E-state index contributed by atoms with van der Waals surface area (Å²) < 4.78 is 11.7. The molecule has 150 valence electrons. The molecule has 0 aliphatic heterocycles. The number of benzene rings is 2. The van der Waals surface area contributed by atoms with Gasteiger partial charge < -0.3 is 9.47 Å². The third kappa shape index (κ3) is 6.73. The first-order valence-electron chi connectivity index (χ1n) is 8.81. The van der Waals surface area contributed by atoms with Crippen LogP contribution < -0.4 is 20.3 Å². The third-order valence-electron chi connectivity index (χ3n) is 3.76. The van der Waals surface area contributed by atoms with Gasteiger partial charge in [0, 0.05) is 10.6 Å². The average Bonchev–Trinajstić information content (AvgIpc) is 2.66. The number of nitrogens with one attached hydrogen (secondary N) is 2. The zero-order valence-electron chi connectivity index (χ0n) is 15.7. The lowest BCUT2D eigenvalue weighted by molar-refractivity contribution is -0.123. The molecule has 2 rings (SSSR count). The van der Waals surface area contributed by atoms with E-state index in [0.29, 0.717) is 33.2 Å². The van der Waals surface area contributed by atoms with Crippen LogP contribution in [0.15, 0.2) is 40.9 Å². The number of rotatable bonds is 8. The summed E-state index contributed by atoms with van der Waals surface area (Å²) in [5, 5.41) is 0.592.